The Hall–Kier alpha value is -2.24. The predicted molar refractivity (Wildman–Crippen MR) is 73.9 cm³/mol. The zero-order valence-corrected chi connectivity index (χ0v) is 11.2. The molecule has 6 heteroatoms. The Morgan fingerprint density at radius 2 is 1.89 bits per heavy atom. The maximum absolute atomic E-state index is 11.5. The fraction of sp³-hybridized carbons (Fsp3) is 0.385. The minimum atomic E-state index is -0.859. The van der Waals surface area contributed by atoms with Crippen molar-refractivity contribution >= 4 is 11.6 Å². The number of carbonyl (C=O) groups is 1. The van der Waals surface area contributed by atoms with E-state index in [0.29, 0.717) is 0 Å². The number of amides is 1. The zero-order chi connectivity index (χ0) is 14.6. The van der Waals surface area contributed by atoms with E-state index in [1.165, 1.54) is 12.2 Å². The summed E-state index contributed by atoms with van der Waals surface area (Å²) in [7, 11) is 0. The molecule has 0 fully saturated rings. The van der Waals surface area contributed by atoms with E-state index in [9.17, 15) is 15.2 Å². The summed E-state index contributed by atoms with van der Waals surface area (Å²) in [4.78, 5) is 11.0. The lowest BCUT2D eigenvalue weighted by Crippen LogP contribution is -2.54. The summed E-state index contributed by atoms with van der Waals surface area (Å²) in [5.41, 5.74) is 5.29. The van der Waals surface area contributed by atoms with Crippen molar-refractivity contribution < 1.29 is 9.70 Å². The molecule has 0 bridgehead atoms. The quantitative estimate of drug-likeness (QED) is 0.582. The molecule has 1 aliphatic carbocycles. The fourth-order valence-electron chi connectivity index (χ4n) is 1.45. The van der Waals surface area contributed by atoms with Crippen LogP contribution in [0.25, 0.3) is 0 Å². The summed E-state index contributed by atoms with van der Waals surface area (Å²) in [6, 6.07) is 0. The third-order valence-electron chi connectivity index (χ3n) is 3.31. The summed E-state index contributed by atoms with van der Waals surface area (Å²) in [6.45, 7) is 5.50. The fourth-order valence-corrected chi connectivity index (χ4v) is 1.45. The Morgan fingerprint density at radius 1 is 1.37 bits per heavy atom. The van der Waals surface area contributed by atoms with Gasteiger partial charge in [0.2, 0.25) is 11.6 Å². The summed E-state index contributed by atoms with van der Waals surface area (Å²) in [6.07, 6.45) is 7.66. The van der Waals surface area contributed by atoms with Gasteiger partial charge in [0, 0.05) is 18.4 Å². The van der Waals surface area contributed by atoms with Crippen molar-refractivity contribution in [1.82, 2.24) is 5.32 Å². The predicted octanol–water partition coefficient (Wildman–Crippen LogP) is 0.935. The van der Waals surface area contributed by atoms with Crippen LogP contribution < -0.4 is 11.1 Å². The van der Waals surface area contributed by atoms with Gasteiger partial charge in [-0.1, -0.05) is 13.8 Å². The van der Waals surface area contributed by atoms with Crippen LogP contribution in [0.4, 0.5) is 0 Å². The highest BCUT2D eigenvalue weighted by Gasteiger charge is 2.33. The van der Waals surface area contributed by atoms with E-state index < -0.39 is 16.3 Å². The number of nitrogens with zero attached hydrogens (tertiary/aromatic N) is 1. The van der Waals surface area contributed by atoms with E-state index in [1.807, 2.05) is 13.8 Å². The molecule has 1 atom stereocenters. The maximum atomic E-state index is 11.5. The molecule has 3 N–H and O–H groups in total. The number of rotatable bonds is 4. The molecule has 1 aliphatic rings. The molecule has 0 aromatic rings. The number of nitrogens with two attached hydrogens (primary N) is 1. The molecule has 6 nitrogen and oxygen atoms in total. The smallest absolute Gasteiger partial charge is 0.243 e. The zero-order valence-electron chi connectivity index (χ0n) is 11.2. The van der Waals surface area contributed by atoms with Crippen LogP contribution in [0.2, 0.25) is 0 Å². The molecule has 0 unspecified atom stereocenters. The van der Waals surface area contributed by atoms with Gasteiger partial charge in [-0.25, -0.2) is 0 Å². The number of carbonyl (C=O) groups excluding carboxylic acids is 1. The third-order valence-corrected chi connectivity index (χ3v) is 3.31. The Kier molecular flexibility index (Phi) is 4.37. The molecule has 0 aromatic carbocycles. The molecule has 1 amide bonds. The third kappa shape index (κ3) is 3.37. The van der Waals surface area contributed by atoms with E-state index in [0.717, 1.165) is 5.57 Å². The van der Waals surface area contributed by atoms with Gasteiger partial charge in [0.05, 0.1) is 0 Å². The van der Waals surface area contributed by atoms with Crippen LogP contribution in [0.5, 0.6) is 0 Å². The SMILES string of the molecule is CC(C)[C@@](C)(NC=C1C=CC(=[N+]([O-])[O-])C=C1)C(N)=O. The lowest BCUT2D eigenvalue weighted by Gasteiger charge is -2.31. The second-order valence-electron chi connectivity index (χ2n) is 4.86. The van der Waals surface area contributed by atoms with Crippen molar-refractivity contribution in [3.05, 3.63) is 46.5 Å². The monoisotopic (exact) mass is 264 g/mol. The standard InChI is InChI=1S/C13H18N3O3/c1-9(2)13(3,12(14)17)15-8-10-4-6-11(7-5-10)16(18)19/h4-9,15H,1-3H3,(H2-,14,17,18,19)/q-1/t13-/m1/s1. The Balaban J connectivity index is 2.85. The molecule has 1 rings (SSSR count). The van der Waals surface area contributed by atoms with E-state index in [2.05, 4.69) is 5.32 Å². The average molecular weight is 264 g/mol. The average Bonchev–Trinajstić information content (AvgIpc) is 2.35. The van der Waals surface area contributed by atoms with Crippen molar-refractivity contribution in [3.63, 3.8) is 0 Å². The van der Waals surface area contributed by atoms with Crippen molar-refractivity contribution in [3.8, 4) is 0 Å². The first-order valence-corrected chi connectivity index (χ1v) is 5.92. The van der Waals surface area contributed by atoms with Crippen LogP contribution in [-0.4, -0.2) is 22.1 Å². The van der Waals surface area contributed by atoms with E-state index in [4.69, 9.17) is 5.73 Å². The van der Waals surface area contributed by atoms with Crippen molar-refractivity contribution in [2.75, 3.05) is 0 Å². The molecular formula is C13H18N3O3-. The van der Waals surface area contributed by atoms with Crippen LogP contribution in [0.1, 0.15) is 20.8 Å². The second-order valence-corrected chi connectivity index (χ2v) is 4.86. The van der Waals surface area contributed by atoms with Gasteiger partial charge < -0.3 is 21.5 Å². The summed E-state index contributed by atoms with van der Waals surface area (Å²) in [5, 5.41) is 24.0. The van der Waals surface area contributed by atoms with Crippen molar-refractivity contribution in [2.45, 2.75) is 26.3 Å². The van der Waals surface area contributed by atoms with Gasteiger partial charge in [-0.15, -0.1) is 0 Å². The number of nitrogens with one attached hydrogen (secondary N) is 1. The highest BCUT2D eigenvalue weighted by molar-refractivity contribution is 6.02. The topological polar surface area (TPSA) is 104 Å². The summed E-state index contributed by atoms with van der Waals surface area (Å²) < 4.78 is 0. The molecule has 0 saturated heterocycles. The highest BCUT2D eigenvalue weighted by atomic mass is 16.8. The van der Waals surface area contributed by atoms with Gasteiger partial charge in [0.25, 0.3) is 0 Å². The Morgan fingerprint density at radius 3 is 2.26 bits per heavy atom. The molecule has 19 heavy (non-hydrogen) atoms. The van der Waals surface area contributed by atoms with Crippen LogP contribution in [0.15, 0.2) is 36.1 Å². The number of hydrogen-bond donors (Lipinski definition) is 2. The largest absolute Gasteiger partial charge is 0.612 e. The van der Waals surface area contributed by atoms with Gasteiger partial charge in [0.1, 0.15) is 5.54 Å². The van der Waals surface area contributed by atoms with Gasteiger partial charge in [-0.2, -0.15) is 4.90 Å². The first-order chi connectivity index (χ1) is 8.77. The highest BCUT2D eigenvalue weighted by Crippen LogP contribution is 2.17. The van der Waals surface area contributed by atoms with Gasteiger partial charge in [-0.05, 0) is 30.6 Å². The van der Waals surface area contributed by atoms with Gasteiger partial charge >= 0.3 is 0 Å². The molecule has 104 valence electrons. The molecule has 0 aromatic heterocycles. The normalized spacial score (nSPS) is 17.3. The minimum Gasteiger partial charge on any atom is -0.612 e. The maximum Gasteiger partial charge on any atom is 0.243 e. The molecule has 0 aliphatic heterocycles. The van der Waals surface area contributed by atoms with E-state index in [-0.39, 0.29) is 11.6 Å². The number of primary amides is 1. The van der Waals surface area contributed by atoms with E-state index >= 15 is 0 Å². The van der Waals surface area contributed by atoms with Crippen LogP contribution >= 0.6 is 0 Å². The minimum absolute atomic E-state index is 0.0132. The van der Waals surface area contributed by atoms with Crippen LogP contribution in [0.3, 0.4) is 0 Å². The molecule has 0 saturated carbocycles. The van der Waals surface area contributed by atoms with Gasteiger partial charge in [-0.3, -0.25) is 4.79 Å². The summed E-state index contributed by atoms with van der Waals surface area (Å²) in [5.74, 6) is -0.431. The molecule has 0 radical (unpaired) electrons. The summed E-state index contributed by atoms with van der Waals surface area (Å²) >= 11 is 0. The van der Waals surface area contributed by atoms with Gasteiger partial charge in [0.15, 0.2) is 0 Å². The first-order valence-electron chi connectivity index (χ1n) is 5.92. The lowest BCUT2D eigenvalue weighted by atomic mass is 9.88. The Labute approximate surface area is 112 Å². The van der Waals surface area contributed by atoms with E-state index in [1.54, 1.807) is 25.3 Å². The number of allylic oxidation sites excluding steroid dienone is 5. The first kappa shape index (κ1) is 14.8. The number of hydrogen-bond acceptors (Lipinski definition) is 4. The van der Waals surface area contributed by atoms with Crippen molar-refractivity contribution in [1.29, 1.82) is 0 Å². The second kappa shape index (κ2) is 5.60. The molecular weight excluding hydrogens is 246 g/mol. The molecule has 0 spiro atoms. The van der Waals surface area contributed by atoms with Crippen LogP contribution in [-0.2, 0) is 4.79 Å². The molecule has 0 heterocycles. The van der Waals surface area contributed by atoms with Crippen LogP contribution in [0, 0.1) is 16.3 Å². The lowest BCUT2D eigenvalue weighted by molar-refractivity contribution is -0.377. The Bertz CT molecular complexity index is 467. The van der Waals surface area contributed by atoms with Crippen molar-refractivity contribution in [2.24, 2.45) is 11.7 Å².